The van der Waals surface area contributed by atoms with E-state index < -0.39 is 28.3 Å². The van der Waals surface area contributed by atoms with Gasteiger partial charge in [0.25, 0.3) is 0 Å². The van der Waals surface area contributed by atoms with E-state index in [1.807, 2.05) is 37.3 Å². The quantitative estimate of drug-likeness (QED) is 0.219. The second kappa shape index (κ2) is 13.1. The molecule has 5 rings (SSSR count). The van der Waals surface area contributed by atoms with Crippen LogP contribution in [0.15, 0.2) is 88.3 Å². The Bertz CT molecular complexity index is 1540. The minimum atomic E-state index is -4.41. The molecule has 3 aromatic carbocycles. The van der Waals surface area contributed by atoms with Gasteiger partial charge in [-0.25, -0.2) is 4.79 Å². The second-order valence-corrected chi connectivity index (χ2v) is 13.7. The Morgan fingerprint density at radius 2 is 1.67 bits per heavy atom. The van der Waals surface area contributed by atoms with Gasteiger partial charge in [-0.05, 0) is 69.3 Å². The number of carboxylic acid groups (broad SMARTS) is 1. The number of aliphatic carboxylic acids is 1. The summed E-state index contributed by atoms with van der Waals surface area (Å²) in [5.74, 6) is 0.856. The van der Waals surface area contributed by atoms with Gasteiger partial charge in [-0.15, -0.1) is 11.8 Å². The maximum Gasteiger partial charge on any atom is 0.416 e. The summed E-state index contributed by atoms with van der Waals surface area (Å²) < 4.78 is 51.3. The summed E-state index contributed by atoms with van der Waals surface area (Å²) in [6.45, 7) is 7.88. The molecule has 1 unspecified atom stereocenters. The summed E-state index contributed by atoms with van der Waals surface area (Å²) in [7, 11) is 1.64. The molecular weight excluding hydrogens is 624 g/mol. The lowest BCUT2D eigenvalue weighted by Crippen LogP contribution is -2.58. The molecule has 2 aliphatic rings. The van der Waals surface area contributed by atoms with Gasteiger partial charge in [-0.1, -0.05) is 30.0 Å². The molecule has 0 radical (unpaired) electrons. The monoisotopic (exact) mass is 659 g/mol. The fourth-order valence-corrected chi connectivity index (χ4v) is 7.85. The zero-order valence-corrected chi connectivity index (χ0v) is 27.1. The van der Waals surface area contributed by atoms with Crippen molar-refractivity contribution in [3.05, 3.63) is 94.5 Å². The Balaban J connectivity index is 1.33. The van der Waals surface area contributed by atoms with E-state index in [0.717, 1.165) is 57.7 Å². The van der Waals surface area contributed by atoms with Crippen molar-refractivity contribution in [1.29, 1.82) is 0 Å². The minimum absolute atomic E-state index is 0.466. The first-order valence-corrected chi connectivity index (χ1v) is 16.2. The van der Waals surface area contributed by atoms with Gasteiger partial charge >= 0.3 is 12.1 Å². The van der Waals surface area contributed by atoms with E-state index in [0.29, 0.717) is 24.6 Å². The van der Waals surface area contributed by atoms with Crippen LogP contribution in [0.4, 0.5) is 18.9 Å². The Kier molecular flexibility index (Phi) is 9.57. The highest BCUT2D eigenvalue weighted by molar-refractivity contribution is 8.06. The molecule has 240 valence electrons. The summed E-state index contributed by atoms with van der Waals surface area (Å²) >= 11 is 3.27. The molecule has 0 amide bonds. The molecule has 45 heavy (non-hydrogen) atoms. The van der Waals surface area contributed by atoms with Crippen molar-refractivity contribution in [3.63, 3.8) is 0 Å². The molecule has 2 N–H and O–H groups in total. The molecule has 1 saturated heterocycles. The molecule has 0 saturated carbocycles. The standard InChI is InChI=1S/C33H36F3N3O4S2/c1-22-29(21-44-28-14-12-26(13-15-28)43-31(2,3)30(40)41)45-33(37-22,24-10-8-23(9-11-24)32(34,35)36)39-18-16-38(17-19-39)25-6-5-7-27(20-25)42-4/h5-15,20,37H,16-19,21H2,1-4H3,(H,40,41). The van der Waals surface area contributed by atoms with Gasteiger partial charge in [0.05, 0.1) is 12.7 Å². The smallest absolute Gasteiger partial charge is 0.416 e. The van der Waals surface area contributed by atoms with Crippen molar-refractivity contribution < 1.29 is 32.5 Å². The maximum atomic E-state index is 13.4. The van der Waals surface area contributed by atoms with Crippen LogP contribution in [0.2, 0.25) is 0 Å². The van der Waals surface area contributed by atoms with E-state index in [4.69, 9.17) is 9.47 Å². The van der Waals surface area contributed by atoms with Crippen LogP contribution in [0, 0.1) is 0 Å². The number of ether oxygens (including phenoxy) is 2. The van der Waals surface area contributed by atoms with E-state index in [1.54, 1.807) is 54.9 Å². The lowest BCUT2D eigenvalue weighted by Gasteiger charge is -2.46. The van der Waals surface area contributed by atoms with Crippen LogP contribution in [0.3, 0.4) is 0 Å². The highest BCUT2D eigenvalue weighted by Gasteiger charge is 2.46. The average Bonchev–Trinajstić information content (AvgIpc) is 3.37. The van der Waals surface area contributed by atoms with E-state index in [1.165, 1.54) is 13.8 Å². The normalized spacial score (nSPS) is 19.4. The van der Waals surface area contributed by atoms with Crippen LogP contribution in [0.1, 0.15) is 31.9 Å². The third-order valence-electron chi connectivity index (χ3n) is 7.87. The maximum absolute atomic E-state index is 13.4. The second-order valence-electron chi connectivity index (χ2n) is 11.3. The van der Waals surface area contributed by atoms with Crippen molar-refractivity contribution in [1.82, 2.24) is 10.2 Å². The molecule has 0 bridgehead atoms. The van der Waals surface area contributed by atoms with Gasteiger partial charge < -0.3 is 24.8 Å². The number of hydrogen-bond donors (Lipinski definition) is 2. The molecule has 12 heteroatoms. The SMILES string of the molecule is COc1cccc(N2CCN(C3(c4ccc(C(F)(F)F)cc4)NC(C)=C(CSc4ccc(OC(C)(C)C(=O)O)cc4)S3)CC2)c1. The van der Waals surface area contributed by atoms with Gasteiger partial charge in [0.15, 0.2) is 10.6 Å². The van der Waals surface area contributed by atoms with Crippen molar-refractivity contribution in [3.8, 4) is 11.5 Å². The Hall–Kier alpha value is -3.48. The highest BCUT2D eigenvalue weighted by Crippen LogP contribution is 2.50. The molecule has 2 aliphatic heterocycles. The van der Waals surface area contributed by atoms with Crippen LogP contribution in [-0.4, -0.2) is 60.6 Å². The molecule has 1 atom stereocenters. The van der Waals surface area contributed by atoms with Crippen molar-refractivity contribution >= 4 is 35.2 Å². The Labute approximate surface area is 269 Å². The number of carboxylic acids is 1. The molecule has 0 spiro atoms. The van der Waals surface area contributed by atoms with Crippen LogP contribution in [-0.2, 0) is 16.0 Å². The summed E-state index contributed by atoms with van der Waals surface area (Å²) in [5, 5.41) is 13.0. The third kappa shape index (κ3) is 7.34. The first kappa shape index (κ1) is 32.9. The molecule has 2 heterocycles. The number of methoxy groups -OCH3 is 1. The molecule has 3 aromatic rings. The van der Waals surface area contributed by atoms with Gasteiger partial charge in [0, 0.05) is 64.7 Å². The lowest BCUT2D eigenvalue weighted by atomic mass is 10.1. The molecule has 1 fully saturated rings. The highest BCUT2D eigenvalue weighted by atomic mass is 32.2. The summed E-state index contributed by atoms with van der Waals surface area (Å²) in [6.07, 6.45) is -4.41. The van der Waals surface area contributed by atoms with Gasteiger partial charge in [0.1, 0.15) is 11.5 Å². The van der Waals surface area contributed by atoms with Gasteiger partial charge in [-0.2, -0.15) is 13.2 Å². The van der Waals surface area contributed by atoms with Crippen LogP contribution < -0.4 is 19.7 Å². The number of alkyl halides is 3. The van der Waals surface area contributed by atoms with Gasteiger partial charge in [0.2, 0.25) is 0 Å². The largest absolute Gasteiger partial charge is 0.497 e. The third-order valence-corrected chi connectivity index (χ3v) is 10.7. The summed E-state index contributed by atoms with van der Waals surface area (Å²) in [5.41, 5.74) is 0.790. The molecule has 7 nitrogen and oxygen atoms in total. The fourth-order valence-electron chi connectivity index (χ4n) is 5.26. The summed E-state index contributed by atoms with van der Waals surface area (Å²) in [4.78, 5) is 17.3. The molecule has 0 aromatic heterocycles. The predicted octanol–water partition coefficient (Wildman–Crippen LogP) is 7.25. The number of nitrogens with one attached hydrogen (secondary N) is 1. The summed E-state index contributed by atoms with van der Waals surface area (Å²) in [6, 6.07) is 20.7. The zero-order valence-electron chi connectivity index (χ0n) is 25.5. The van der Waals surface area contributed by atoms with Crippen molar-refractivity contribution in [2.75, 3.05) is 43.9 Å². The van der Waals surface area contributed by atoms with Crippen molar-refractivity contribution in [2.45, 2.75) is 42.4 Å². The van der Waals surface area contributed by atoms with Crippen LogP contribution in [0.5, 0.6) is 11.5 Å². The zero-order chi connectivity index (χ0) is 32.4. The van der Waals surface area contributed by atoms with E-state index in [9.17, 15) is 23.1 Å². The number of nitrogens with zero attached hydrogens (tertiary/aromatic N) is 2. The van der Waals surface area contributed by atoms with E-state index in [-0.39, 0.29) is 0 Å². The number of thioether (sulfide) groups is 2. The number of hydrogen-bond acceptors (Lipinski definition) is 8. The number of piperazine rings is 1. The van der Waals surface area contributed by atoms with E-state index in [2.05, 4.69) is 21.2 Å². The van der Waals surface area contributed by atoms with Gasteiger partial charge in [-0.3, -0.25) is 4.90 Å². The van der Waals surface area contributed by atoms with E-state index >= 15 is 0 Å². The number of halogens is 3. The lowest BCUT2D eigenvalue weighted by molar-refractivity contribution is -0.152. The Morgan fingerprint density at radius 3 is 2.27 bits per heavy atom. The number of carbonyl (C=O) groups is 1. The first-order valence-electron chi connectivity index (χ1n) is 14.4. The van der Waals surface area contributed by atoms with Crippen LogP contribution in [0.25, 0.3) is 0 Å². The number of allylic oxidation sites excluding steroid dienone is 1. The number of benzene rings is 3. The fraction of sp³-hybridized carbons (Fsp3) is 0.364. The number of anilines is 1. The van der Waals surface area contributed by atoms with Crippen molar-refractivity contribution in [2.24, 2.45) is 0 Å². The minimum Gasteiger partial charge on any atom is -0.497 e. The Morgan fingerprint density at radius 1 is 1.00 bits per heavy atom. The first-order chi connectivity index (χ1) is 21.3. The molecular formula is C33H36F3N3O4S2. The molecule has 0 aliphatic carbocycles. The predicted molar refractivity (Wildman–Crippen MR) is 173 cm³/mol. The number of rotatable bonds is 10. The average molecular weight is 660 g/mol. The topological polar surface area (TPSA) is 74.3 Å². The van der Waals surface area contributed by atoms with Crippen LogP contribution >= 0.6 is 23.5 Å².